The van der Waals surface area contributed by atoms with Crippen LogP contribution in [0.5, 0.6) is 0 Å². The summed E-state index contributed by atoms with van der Waals surface area (Å²) in [6, 6.07) is 11.6. The van der Waals surface area contributed by atoms with Gasteiger partial charge in [-0.05, 0) is 30.5 Å². The van der Waals surface area contributed by atoms with Gasteiger partial charge < -0.3 is 15.6 Å². The van der Waals surface area contributed by atoms with Crippen LogP contribution < -0.4 is 5.73 Å². The molecule has 0 aliphatic carbocycles. The fourth-order valence-corrected chi connectivity index (χ4v) is 3.10. The monoisotopic (exact) mass is 299 g/mol. The topological polar surface area (TPSA) is 62.1 Å². The summed E-state index contributed by atoms with van der Waals surface area (Å²) < 4.78 is 0. The van der Waals surface area contributed by atoms with Crippen molar-refractivity contribution in [3.63, 3.8) is 0 Å². The first-order valence-electron chi connectivity index (χ1n) is 6.88. The van der Waals surface area contributed by atoms with Gasteiger partial charge in [0.2, 0.25) is 0 Å². The van der Waals surface area contributed by atoms with E-state index in [1.165, 1.54) is 4.88 Å². The van der Waals surface area contributed by atoms with E-state index in [-0.39, 0.29) is 5.91 Å². The number of carbonyl (C=O) groups is 1. The van der Waals surface area contributed by atoms with Crippen LogP contribution in [0.3, 0.4) is 0 Å². The van der Waals surface area contributed by atoms with Crippen molar-refractivity contribution in [1.82, 2.24) is 9.88 Å². The summed E-state index contributed by atoms with van der Waals surface area (Å²) in [6.45, 7) is 3.29. The van der Waals surface area contributed by atoms with E-state index in [0.29, 0.717) is 24.5 Å². The number of hydrogen-bond donors (Lipinski definition) is 2. The molecule has 0 aliphatic heterocycles. The molecule has 108 valence electrons. The molecule has 5 heteroatoms. The molecule has 0 aliphatic rings. The molecule has 3 N–H and O–H groups in total. The van der Waals surface area contributed by atoms with Crippen LogP contribution in [0, 0.1) is 0 Å². The Balaban J connectivity index is 1.89. The van der Waals surface area contributed by atoms with Gasteiger partial charge in [0.05, 0.1) is 17.7 Å². The van der Waals surface area contributed by atoms with Crippen LogP contribution in [0.2, 0.25) is 0 Å². The van der Waals surface area contributed by atoms with Crippen molar-refractivity contribution in [2.75, 3.05) is 12.3 Å². The maximum atomic E-state index is 12.6. The number of amides is 1. The highest BCUT2D eigenvalue weighted by molar-refractivity contribution is 7.09. The average Bonchev–Trinajstić information content (AvgIpc) is 3.13. The van der Waals surface area contributed by atoms with Crippen LogP contribution >= 0.6 is 11.3 Å². The third-order valence-electron chi connectivity index (χ3n) is 3.51. The summed E-state index contributed by atoms with van der Waals surface area (Å²) in [4.78, 5) is 18.8. The molecule has 2 aromatic heterocycles. The second-order valence-electron chi connectivity index (χ2n) is 4.89. The molecular weight excluding hydrogens is 282 g/mol. The summed E-state index contributed by atoms with van der Waals surface area (Å²) in [5.74, 6) is 0.00139. The maximum absolute atomic E-state index is 12.6. The predicted molar refractivity (Wildman–Crippen MR) is 87.4 cm³/mol. The fourth-order valence-electron chi connectivity index (χ4n) is 2.38. The number of thiophene rings is 1. The lowest BCUT2D eigenvalue weighted by molar-refractivity contribution is 0.0749. The number of aromatic nitrogens is 1. The van der Waals surface area contributed by atoms with Gasteiger partial charge in [-0.2, -0.15) is 0 Å². The Morgan fingerprint density at radius 2 is 2.19 bits per heavy atom. The largest absolute Gasteiger partial charge is 0.397 e. The molecule has 0 spiro atoms. The van der Waals surface area contributed by atoms with Gasteiger partial charge in [-0.25, -0.2) is 0 Å². The highest BCUT2D eigenvalue weighted by atomic mass is 32.1. The van der Waals surface area contributed by atoms with Crippen molar-refractivity contribution in [1.29, 1.82) is 0 Å². The number of rotatable bonds is 4. The first-order chi connectivity index (χ1) is 10.2. The average molecular weight is 299 g/mol. The predicted octanol–water partition coefficient (Wildman–Crippen LogP) is 3.47. The highest BCUT2D eigenvalue weighted by Gasteiger charge is 2.17. The SMILES string of the molecule is CCN(Cc1cccs1)C(=O)c1cc2cccc(N)c2[nH]1. The lowest BCUT2D eigenvalue weighted by Gasteiger charge is -2.19. The molecule has 3 aromatic rings. The van der Waals surface area contributed by atoms with Crippen LogP contribution in [0.4, 0.5) is 5.69 Å². The van der Waals surface area contributed by atoms with E-state index in [4.69, 9.17) is 5.73 Å². The molecular formula is C16H17N3OS. The van der Waals surface area contributed by atoms with Gasteiger partial charge in [0.25, 0.3) is 5.91 Å². The minimum atomic E-state index is 0.00139. The molecule has 1 amide bonds. The van der Waals surface area contributed by atoms with Gasteiger partial charge in [0.15, 0.2) is 0 Å². The van der Waals surface area contributed by atoms with Crippen molar-refractivity contribution in [2.24, 2.45) is 0 Å². The van der Waals surface area contributed by atoms with E-state index in [0.717, 1.165) is 10.9 Å². The standard InChI is InChI=1S/C16H17N3OS/c1-2-19(10-12-6-4-8-21-12)16(20)14-9-11-5-3-7-13(17)15(11)18-14/h3-9,18H,2,10,17H2,1H3. The van der Waals surface area contributed by atoms with Gasteiger partial charge in [-0.15, -0.1) is 11.3 Å². The number of benzene rings is 1. The Morgan fingerprint density at radius 1 is 1.33 bits per heavy atom. The third-order valence-corrected chi connectivity index (χ3v) is 4.38. The van der Waals surface area contributed by atoms with Gasteiger partial charge in [0.1, 0.15) is 5.69 Å². The molecule has 0 radical (unpaired) electrons. The van der Waals surface area contributed by atoms with E-state index >= 15 is 0 Å². The van der Waals surface area contributed by atoms with E-state index in [9.17, 15) is 4.79 Å². The number of nitrogen functional groups attached to an aromatic ring is 1. The molecule has 1 aromatic carbocycles. The summed E-state index contributed by atoms with van der Waals surface area (Å²) in [5, 5.41) is 2.99. The third kappa shape index (κ3) is 2.64. The van der Waals surface area contributed by atoms with Crippen LogP contribution in [-0.2, 0) is 6.54 Å². The Bertz CT molecular complexity index is 761. The number of para-hydroxylation sites is 1. The summed E-state index contributed by atoms with van der Waals surface area (Å²) in [5.41, 5.74) is 8.00. The molecule has 0 fully saturated rings. The van der Waals surface area contributed by atoms with Gasteiger partial charge in [-0.3, -0.25) is 4.79 Å². The number of nitrogens with zero attached hydrogens (tertiary/aromatic N) is 1. The van der Waals surface area contributed by atoms with Gasteiger partial charge >= 0.3 is 0 Å². The number of H-pyrrole nitrogens is 1. The number of nitrogens with two attached hydrogens (primary N) is 1. The van der Waals surface area contributed by atoms with Crippen molar-refractivity contribution < 1.29 is 4.79 Å². The van der Waals surface area contributed by atoms with Crippen molar-refractivity contribution in [2.45, 2.75) is 13.5 Å². The minimum Gasteiger partial charge on any atom is -0.397 e. The van der Waals surface area contributed by atoms with Crippen LogP contribution in [0.15, 0.2) is 41.8 Å². The summed E-state index contributed by atoms with van der Waals surface area (Å²) in [6.07, 6.45) is 0. The Kier molecular flexibility index (Phi) is 3.66. The molecule has 0 saturated heterocycles. The summed E-state index contributed by atoms with van der Waals surface area (Å²) >= 11 is 1.66. The number of carbonyl (C=O) groups excluding carboxylic acids is 1. The van der Waals surface area contributed by atoms with E-state index < -0.39 is 0 Å². The molecule has 0 atom stereocenters. The van der Waals surface area contributed by atoms with Crippen LogP contribution in [-0.4, -0.2) is 22.3 Å². The zero-order valence-corrected chi connectivity index (χ0v) is 12.6. The van der Waals surface area contributed by atoms with E-state index in [1.54, 1.807) is 11.3 Å². The summed E-state index contributed by atoms with van der Waals surface area (Å²) in [7, 11) is 0. The second-order valence-corrected chi connectivity index (χ2v) is 5.93. The Morgan fingerprint density at radius 3 is 2.86 bits per heavy atom. The van der Waals surface area contributed by atoms with Crippen molar-refractivity contribution >= 4 is 33.8 Å². The molecule has 4 nitrogen and oxygen atoms in total. The Labute approximate surface area is 127 Å². The van der Waals surface area contributed by atoms with E-state index in [1.807, 2.05) is 53.6 Å². The van der Waals surface area contributed by atoms with Crippen molar-refractivity contribution in [3.8, 4) is 0 Å². The Hall–Kier alpha value is -2.27. The van der Waals surface area contributed by atoms with Crippen LogP contribution in [0.1, 0.15) is 22.3 Å². The molecule has 0 bridgehead atoms. The lowest BCUT2D eigenvalue weighted by atomic mass is 10.2. The van der Waals surface area contributed by atoms with Gasteiger partial charge in [-0.1, -0.05) is 18.2 Å². The molecule has 0 unspecified atom stereocenters. The van der Waals surface area contributed by atoms with E-state index in [2.05, 4.69) is 4.98 Å². The number of aromatic amines is 1. The first kappa shape index (κ1) is 13.7. The number of anilines is 1. The highest BCUT2D eigenvalue weighted by Crippen LogP contribution is 2.22. The van der Waals surface area contributed by atoms with Crippen LogP contribution in [0.25, 0.3) is 10.9 Å². The smallest absolute Gasteiger partial charge is 0.270 e. The molecule has 0 saturated carbocycles. The zero-order valence-electron chi connectivity index (χ0n) is 11.8. The number of nitrogens with one attached hydrogen (secondary N) is 1. The second kappa shape index (κ2) is 5.61. The normalized spacial score (nSPS) is 10.9. The number of fused-ring (bicyclic) bond motifs is 1. The zero-order chi connectivity index (χ0) is 14.8. The minimum absolute atomic E-state index is 0.00139. The number of hydrogen-bond acceptors (Lipinski definition) is 3. The first-order valence-corrected chi connectivity index (χ1v) is 7.76. The van der Waals surface area contributed by atoms with Gasteiger partial charge in [0, 0.05) is 16.8 Å². The quantitative estimate of drug-likeness (QED) is 0.725. The molecule has 2 heterocycles. The molecule has 3 rings (SSSR count). The van der Waals surface area contributed by atoms with Crippen molar-refractivity contribution in [3.05, 3.63) is 52.3 Å². The molecule has 21 heavy (non-hydrogen) atoms. The lowest BCUT2D eigenvalue weighted by Crippen LogP contribution is -2.30. The maximum Gasteiger partial charge on any atom is 0.270 e. The fraction of sp³-hybridized carbons (Fsp3) is 0.188.